The van der Waals surface area contributed by atoms with E-state index in [1.807, 2.05) is 23.1 Å². The second kappa shape index (κ2) is 8.70. The van der Waals surface area contributed by atoms with E-state index in [1.54, 1.807) is 7.11 Å². The van der Waals surface area contributed by atoms with Crippen molar-refractivity contribution in [2.45, 2.75) is 44.2 Å². The maximum Gasteiger partial charge on any atom is 0.222 e. The Morgan fingerprint density at radius 2 is 1.82 bits per heavy atom. The molecule has 154 valence electrons. The molecule has 1 saturated carbocycles. The van der Waals surface area contributed by atoms with Crippen molar-refractivity contribution in [1.82, 2.24) is 9.80 Å². The van der Waals surface area contributed by atoms with E-state index in [9.17, 15) is 9.90 Å². The lowest BCUT2D eigenvalue weighted by Gasteiger charge is -2.40. The first-order valence-corrected chi connectivity index (χ1v) is 10.7. The molecule has 2 saturated heterocycles. The molecule has 2 atom stereocenters. The Kier molecular flexibility index (Phi) is 6.07. The minimum absolute atomic E-state index is 0.0624. The zero-order chi connectivity index (χ0) is 19.5. The lowest BCUT2D eigenvalue weighted by molar-refractivity contribution is -0.131. The Bertz CT molecular complexity index is 669. The van der Waals surface area contributed by atoms with Crippen molar-refractivity contribution < 1.29 is 14.6 Å². The van der Waals surface area contributed by atoms with E-state index >= 15 is 0 Å². The molecule has 0 spiro atoms. The summed E-state index contributed by atoms with van der Waals surface area (Å²) in [5.74, 6) is 1.70. The topological polar surface area (TPSA) is 56.2 Å². The summed E-state index contributed by atoms with van der Waals surface area (Å²) in [5.41, 5.74) is 1.13. The first-order valence-electron chi connectivity index (χ1n) is 10.7. The van der Waals surface area contributed by atoms with Gasteiger partial charge < -0.3 is 19.6 Å². The van der Waals surface area contributed by atoms with Crippen LogP contribution >= 0.6 is 0 Å². The van der Waals surface area contributed by atoms with Crippen molar-refractivity contribution in [3.05, 3.63) is 24.3 Å². The molecule has 6 nitrogen and oxygen atoms in total. The molecule has 4 rings (SSSR count). The number of amides is 1. The third kappa shape index (κ3) is 4.13. The normalized spacial score (nSPS) is 26.8. The Morgan fingerprint density at radius 1 is 1.11 bits per heavy atom. The van der Waals surface area contributed by atoms with Crippen LogP contribution in [0.1, 0.15) is 32.1 Å². The third-order valence-corrected chi connectivity index (χ3v) is 6.76. The molecule has 1 N–H and O–H groups in total. The van der Waals surface area contributed by atoms with Crippen molar-refractivity contribution in [2.24, 2.45) is 5.92 Å². The van der Waals surface area contributed by atoms with Crippen LogP contribution in [0.4, 0.5) is 5.69 Å². The van der Waals surface area contributed by atoms with Crippen LogP contribution in [0.25, 0.3) is 0 Å². The van der Waals surface area contributed by atoms with E-state index in [1.165, 1.54) is 25.7 Å². The number of carbonyl (C=O) groups excluding carboxylic acids is 1. The minimum atomic E-state index is -0.440. The Balaban J connectivity index is 1.31. The number of aliphatic hydroxyl groups is 1. The lowest BCUT2D eigenvalue weighted by atomic mass is 10.0. The van der Waals surface area contributed by atoms with Gasteiger partial charge in [0, 0.05) is 45.7 Å². The van der Waals surface area contributed by atoms with Crippen LogP contribution in [0.5, 0.6) is 5.75 Å². The van der Waals surface area contributed by atoms with Crippen LogP contribution in [-0.2, 0) is 4.79 Å². The van der Waals surface area contributed by atoms with Gasteiger partial charge in [0.15, 0.2) is 0 Å². The Labute approximate surface area is 168 Å². The summed E-state index contributed by atoms with van der Waals surface area (Å²) in [7, 11) is 1.71. The summed E-state index contributed by atoms with van der Waals surface area (Å²) in [6.45, 7) is 4.75. The number of benzene rings is 1. The summed E-state index contributed by atoms with van der Waals surface area (Å²) in [6, 6.07) is 8.19. The summed E-state index contributed by atoms with van der Waals surface area (Å²) in [6.07, 6.45) is 5.14. The number of carbonyl (C=O) groups is 1. The van der Waals surface area contributed by atoms with E-state index in [-0.39, 0.29) is 11.9 Å². The summed E-state index contributed by atoms with van der Waals surface area (Å²) in [4.78, 5) is 19.3. The highest BCUT2D eigenvalue weighted by Gasteiger charge is 2.39. The SMILES string of the molecule is COc1ccccc1N1CCN([C@@H]2CN(C(=O)CC3CCCC3)C[C@H]2O)CC1. The Hall–Kier alpha value is -1.79. The number of anilines is 1. The molecular weight excluding hydrogens is 354 g/mol. The molecule has 0 unspecified atom stereocenters. The predicted molar refractivity (Wildman–Crippen MR) is 110 cm³/mol. The first kappa shape index (κ1) is 19.5. The molecule has 2 aliphatic heterocycles. The fraction of sp³-hybridized carbons (Fsp3) is 0.682. The van der Waals surface area contributed by atoms with Crippen molar-refractivity contribution >= 4 is 11.6 Å². The van der Waals surface area contributed by atoms with Crippen LogP contribution < -0.4 is 9.64 Å². The van der Waals surface area contributed by atoms with Crippen LogP contribution in [0.2, 0.25) is 0 Å². The molecule has 3 fully saturated rings. The number of methoxy groups -OCH3 is 1. The van der Waals surface area contributed by atoms with Crippen molar-refractivity contribution in [3.63, 3.8) is 0 Å². The maximum atomic E-state index is 12.7. The summed E-state index contributed by atoms with van der Waals surface area (Å²) < 4.78 is 5.50. The van der Waals surface area contributed by atoms with E-state index in [0.29, 0.717) is 25.4 Å². The van der Waals surface area contributed by atoms with Crippen molar-refractivity contribution in [1.29, 1.82) is 0 Å². The quantitative estimate of drug-likeness (QED) is 0.837. The van der Waals surface area contributed by atoms with Crippen molar-refractivity contribution in [3.8, 4) is 5.75 Å². The van der Waals surface area contributed by atoms with E-state index in [4.69, 9.17) is 4.74 Å². The van der Waals surface area contributed by atoms with Gasteiger partial charge in [-0.05, 0) is 30.9 Å². The third-order valence-electron chi connectivity index (χ3n) is 6.76. The average molecular weight is 388 g/mol. The maximum absolute atomic E-state index is 12.7. The summed E-state index contributed by atoms with van der Waals surface area (Å²) >= 11 is 0. The monoisotopic (exact) mass is 387 g/mol. The van der Waals surface area contributed by atoms with E-state index in [2.05, 4.69) is 15.9 Å². The lowest BCUT2D eigenvalue weighted by Crippen LogP contribution is -2.53. The zero-order valence-corrected chi connectivity index (χ0v) is 16.9. The zero-order valence-electron chi connectivity index (χ0n) is 16.9. The largest absolute Gasteiger partial charge is 0.495 e. The summed E-state index contributed by atoms with van der Waals surface area (Å²) in [5, 5.41) is 10.6. The standard InChI is InChI=1S/C22H33N3O3/c1-28-21-9-5-4-8-18(21)23-10-12-24(13-11-23)19-15-25(16-20(19)26)22(27)14-17-6-2-3-7-17/h4-5,8-9,17,19-20,26H,2-3,6-7,10-16H2,1H3/t19-,20-/m1/s1. The van der Waals surface area contributed by atoms with Gasteiger partial charge in [0.05, 0.1) is 24.9 Å². The predicted octanol–water partition coefficient (Wildman–Crippen LogP) is 1.97. The number of nitrogens with zero attached hydrogens (tertiary/aromatic N) is 3. The average Bonchev–Trinajstić information content (AvgIpc) is 3.37. The van der Waals surface area contributed by atoms with Crippen LogP contribution in [0, 0.1) is 5.92 Å². The van der Waals surface area contributed by atoms with Gasteiger partial charge in [-0.25, -0.2) is 0 Å². The molecule has 0 bridgehead atoms. The second-order valence-electron chi connectivity index (χ2n) is 8.48. The number of piperazine rings is 1. The molecule has 1 aliphatic carbocycles. The molecule has 1 aromatic carbocycles. The number of likely N-dealkylation sites (tertiary alicyclic amines) is 1. The highest BCUT2D eigenvalue weighted by Crippen LogP contribution is 2.31. The number of aliphatic hydroxyl groups excluding tert-OH is 1. The number of rotatable bonds is 5. The van der Waals surface area contributed by atoms with Gasteiger partial charge >= 0.3 is 0 Å². The van der Waals surface area contributed by atoms with Crippen LogP contribution in [0.15, 0.2) is 24.3 Å². The fourth-order valence-electron chi connectivity index (χ4n) is 5.11. The molecule has 2 heterocycles. The smallest absolute Gasteiger partial charge is 0.222 e. The number of para-hydroxylation sites is 2. The highest BCUT2D eigenvalue weighted by atomic mass is 16.5. The number of ether oxygens (including phenoxy) is 1. The van der Waals surface area contributed by atoms with Gasteiger partial charge in [0.2, 0.25) is 5.91 Å². The van der Waals surface area contributed by atoms with Gasteiger partial charge in [-0.1, -0.05) is 25.0 Å². The minimum Gasteiger partial charge on any atom is -0.495 e. The van der Waals surface area contributed by atoms with E-state index in [0.717, 1.165) is 37.6 Å². The fourth-order valence-corrected chi connectivity index (χ4v) is 5.11. The van der Waals surface area contributed by atoms with Crippen molar-refractivity contribution in [2.75, 3.05) is 51.3 Å². The van der Waals surface area contributed by atoms with E-state index < -0.39 is 6.10 Å². The van der Waals surface area contributed by atoms with Crippen LogP contribution in [0.3, 0.4) is 0 Å². The molecular formula is C22H33N3O3. The van der Waals surface area contributed by atoms with Gasteiger partial charge in [0.25, 0.3) is 0 Å². The number of hydrogen-bond donors (Lipinski definition) is 1. The molecule has 0 radical (unpaired) electrons. The Morgan fingerprint density at radius 3 is 2.54 bits per heavy atom. The van der Waals surface area contributed by atoms with Gasteiger partial charge in [0.1, 0.15) is 5.75 Å². The second-order valence-corrected chi connectivity index (χ2v) is 8.48. The van der Waals surface area contributed by atoms with Gasteiger partial charge in [-0.3, -0.25) is 9.69 Å². The van der Waals surface area contributed by atoms with Crippen LogP contribution in [-0.4, -0.2) is 79.3 Å². The first-order chi connectivity index (χ1) is 13.7. The highest BCUT2D eigenvalue weighted by molar-refractivity contribution is 5.77. The van der Waals surface area contributed by atoms with Gasteiger partial charge in [-0.2, -0.15) is 0 Å². The molecule has 6 heteroatoms. The van der Waals surface area contributed by atoms with Gasteiger partial charge in [-0.15, -0.1) is 0 Å². The number of β-amino-alcohol motifs (C(OH)–C–C–N with tert-alkyl or cyclic N) is 1. The molecule has 1 aromatic rings. The molecule has 28 heavy (non-hydrogen) atoms. The molecule has 0 aromatic heterocycles. The molecule has 3 aliphatic rings. The molecule has 1 amide bonds. The number of hydrogen-bond acceptors (Lipinski definition) is 5.